The average Bonchev–Trinajstić information content (AvgIpc) is 2.73. The summed E-state index contributed by atoms with van der Waals surface area (Å²) in [5.74, 6) is 1.83. The van der Waals surface area contributed by atoms with Gasteiger partial charge < -0.3 is 20.4 Å². The Labute approximate surface area is 168 Å². The van der Waals surface area contributed by atoms with Gasteiger partial charge in [0.15, 0.2) is 5.96 Å². The van der Waals surface area contributed by atoms with Crippen LogP contribution in [0.25, 0.3) is 0 Å². The molecule has 3 rings (SSSR count). The highest BCUT2D eigenvalue weighted by atomic mass is 15.2. The molecule has 1 aliphatic rings. The number of piperidine rings is 1. The van der Waals surface area contributed by atoms with Crippen LogP contribution in [-0.4, -0.2) is 50.7 Å². The van der Waals surface area contributed by atoms with Gasteiger partial charge in [-0.2, -0.15) is 0 Å². The van der Waals surface area contributed by atoms with Crippen LogP contribution in [0.3, 0.4) is 0 Å². The number of rotatable bonds is 6. The van der Waals surface area contributed by atoms with Gasteiger partial charge in [0.1, 0.15) is 5.82 Å². The number of para-hydroxylation sites is 1. The van der Waals surface area contributed by atoms with Crippen LogP contribution in [0.5, 0.6) is 0 Å². The van der Waals surface area contributed by atoms with Crippen LogP contribution in [0.4, 0.5) is 11.5 Å². The van der Waals surface area contributed by atoms with Crippen molar-refractivity contribution < 1.29 is 0 Å². The van der Waals surface area contributed by atoms with Crippen LogP contribution in [-0.2, 0) is 6.54 Å². The lowest BCUT2D eigenvalue weighted by Crippen LogP contribution is -2.48. The van der Waals surface area contributed by atoms with Crippen LogP contribution < -0.4 is 20.4 Å². The van der Waals surface area contributed by atoms with E-state index in [1.54, 1.807) is 0 Å². The zero-order chi connectivity index (χ0) is 19.8. The second kappa shape index (κ2) is 9.97. The summed E-state index contributed by atoms with van der Waals surface area (Å²) in [4.78, 5) is 13.9. The lowest BCUT2D eigenvalue weighted by molar-refractivity contribution is 0.461. The van der Waals surface area contributed by atoms with Crippen molar-refractivity contribution in [1.82, 2.24) is 15.6 Å². The molecule has 1 aliphatic heterocycles. The van der Waals surface area contributed by atoms with Gasteiger partial charge in [0.2, 0.25) is 0 Å². The molecule has 0 unspecified atom stereocenters. The summed E-state index contributed by atoms with van der Waals surface area (Å²) in [5.41, 5.74) is 2.29. The summed E-state index contributed by atoms with van der Waals surface area (Å²) < 4.78 is 0. The topological polar surface area (TPSA) is 55.8 Å². The molecule has 0 amide bonds. The van der Waals surface area contributed by atoms with Crippen molar-refractivity contribution in [2.75, 3.05) is 43.5 Å². The molecule has 6 nitrogen and oxygen atoms in total. The first-order valence-electron chi connectivity index (χ1n) is 10.1. The molecule has 6 heteroatoms. The minimum atomic E-state index is 0.443. The van der Waals surface area contributed by atoms with Gasteiger partial charge in [-0.25, -0.2) is 9.98 Å². The number of pyridine rings is 1. The molecule has 1 saturated heterocycles. The monoisotopic (exact) mass is 380 g/mol. The average molecular weight is 381 g/mol. The smallest absolute Gasteiger partial charge is 0.191 e. The van der Waals surface area contributed by atoms with E-state index in [2.05, 4.69) is 57.8 Å². The zero-order valence-corrected chi connectivity index (χ0v) is 17.2. The predicted molar refractivity (Wildman–Crippen MR) is 118 cm³/mol. The van der Waals surface area contributed by atoms with E-state index in [0.717, 1.165) is 49.9 Å². The molecule has 0 radical (unpaired) electrons. The third-order valence-electron chi connectivity index (χ3n) is 4.95. The third-order valence-corrected chi connectivity index (χ3v) is 4.95. The van der Waals surface area contributed by atoms with Crippen molar-refractivity contribution in [1.29, 1.82) is 0 Å². The standard InChI is InChI=1S/C22H32N6/c1-4-23-22(24-17-19-9-8-12-21(25-19)27(2)3)26-18-13-15-28(16-14-18)20-10-6-5-7-11-20/h5-12,18H,4,13-17H2,1-3H3,(H2,23,24,26). The molecule has 0 aliphatic carbocycles. The van der Waals surface area contributed by atoms with E-state index in [9.17, 15) is 0 Å². The quantitative estimate of drug-likeness (QED) is 0.596. The van der Waals surface area contributed by atoms with Crippen LogP contribution in [0.1, 0.15) is 25.5 Å². The molecule has 28 heavy (non-hydrogen) atoms. The van der Waals surface area contributed by atoms with Crippen molar-refractivity contribution >= 4 is 17.5 Å². The fourth-order valence-electron chi connectivity index (χ4n) is 3.40. The molecule has 1 aromatic heterocycles. The van der Waals surface area contributed by atoms with Gasteiger partial charge in [0.25, 0.3) is 0 Å². The molecule has 2 aromatic rings. The second-order valence-corrected chi connectivity index (χ2v) is 7.32. The Balaban J connectivity index is 1.56. The lowest BCUT2D eigenvalue weighted by atomic mass is 10.0. The van der Waals surface area contributed by atoms with Crippen molar-refractivity contribution in [3.8, 4) is 0 Å². The molecular formula is C22H32N6. The highest BCUT2D eigenvalue weighted by Gasteiger charge is 2.20. The van der Waals surface area contributed by atoms with E-state index in [0.29, 0.717) is 12.6 Å². The van der Waals surface area contributed by atoms with Crippen LogP contribution in [0, 0.1) is 0 Å². The highest BCUT2D eigenvalue weighted by molar-refractivity contribution is 5.80. The molecule has 0 saturated carbocycles. The number of aromatic nitrogens is 1. The van der Waals surface area contributed by atoms with Crippen molar-refractivity contribution in [3.05, 3.63) is 54.2 Å². The summed E-state index contributed by atoms with van der Waals surface area (Å²) >= 11 is 0. The number of aliphatic imine (C=N–C) groups is 1. The second-order valence-electron chi connectivity index (χ2n) is 7.32. The molecule has 1 aromatic carbocycles. The Morgan fingerprint density at radius 2 is 1.86 bits per heavy atom. The minimum Gasteiger partial charge on any atom is -0.371 e. The van der Waals surface area contributed by atoms with Gasteiger partial charge in [0.05, 0.1) is 12.2 Å². The van der Waals surface area contributed by atoms with E-state index in [1.807, 2.05) is 37.2 Å². The highest BCUT2D eigenvalue weighted by Crippen LogP contribution is 2.19. The van der Waals surface area contributed by atoms with E-state index in [-0.39, 0.29) is 0 Å². The molecule has 1 fully saturated rings. The number of benzene rings is 1. The molecule has 2 N–H and O–H groups in total. The van der Waals surface area contributed by atoms with Crippen LogP contribution >= 0.6 is 0 Å². The fraction of sp³-hybridized carbons (Fsp3) is 0.455. The maximum absolute atomic E-state index is 4.76. The van der Waals surface area contributed by atoms with Crippen molar-refractivity contribution in [2.24, 2.45) is 4.99 Å². The normalized spacial score (nSPS) is 15.4. The summed E-state index contributed by atoms with van der Waals surface area (Å²) in [6.45, 7) is 5.64. The summed E-state index contributed by atoms with van der Waals surface area (Å²) in [5, 5.41) is 6.98. The number of anilines is 2. The van der Waals surface area contributed by atoms with Crippen molar-refractivity contribution in [2.45, 2.75) is 32.4 Å². The maximum Gasteiger partial charge on any atom is 0.191 e. The summed E-state index contributed by atoms with van der Waals surface area (Å²) in [6.07, 6.45) is 2.21. The Bertz CT molecular complexity index is 751. The molecule has 150 valence electrons. The maximum atomic E-state index is 4.76. The lowest BCUT2D eigenvalue weighted by Gasteiger charge is -2.34. The largest absolute Gasteiger partial charge is 0.371 e. The molecule has 0 atom stereocenters. The first-order valence-corrected chi connectivity index (χ1v) is 10.1. The molecule has 0 spiro atoms. The Hall–Kier alpha value is -2.76. The number of nitrogens with one attached hydrogen (secondary N) is 2. The van der Waals surface area contributed by atoms with Gasteiger partial charge in [-0.1, -0.05) is 24.3 Å². The van der Waals surface area contributed by atoms with Crippen LogP contribution in [0.2, 0.25) is 0 Å². The number of hydrogen-bond acceptors (Lipinski definition) is 4. The Morgan fingerprint density at radius 1 is 1.11 bits per heavy atom. The van der Waals surface area contributed by atoms with Crippen LogP contribution in [0.15, 0.2) is 53.5 Å². The number of nitrogens with zero attached hydrogens (tertiary/aromatic N) is 4. The summed E-state index contributed by atoms with van der Waals surface area (Å²) in [6, 6.07) is 17.2. The van der Waals surface area contributed by atoms with E-state index in [4.69, 9.17) is 4.99 Å². The minimum absolute atomic E-state index is 0.443. The zero-order valence-electron chi connectivity index (χ0n) is 17.2. The Kier molecular flexibility index (Phi) is 7.12. The first-order chi connectivity index (χ1) is 13.7. The van der Waals surface area contributed by atoms with E-state index in [1.165, 1.54) is 5.69 Å². The summed E-state index contributed by atoms with van der Waals surface area (Å²) in [7, 11) is 4.01. The predicted octanol–water partition coefficient (Wildman–Crippen LogP) is 2.87. The van der Waals surface area contributed by atoms with Gasteiger partial charge in [-0.05, 0) is 44.0 Å². The van der Waals surface area contributed by atoms with Gasteiger partial charge in [-0.15, -0.1) is 0 Å². The Morgan fingerprint density at radius 3 is 2.54 bits per heavy atom. The van der Waals surface area contributed by atoms with Crippen molar-refractivity contribution in [3.63, 3.8) is 0 Å². The molecular weight excluding hydrogens is 348 g/mol. The SMILES string of the molecule is CCNC(=NCc1cccc(N(C)C)n1)NC1CCN(c2ccccc2)CC1. The van der Waals surface area contributed by atoms with E-state index < -0.39 is 0 Å². The number of hydrogen-bond donors (Lipinski definition) is 2. The molecule has 2 heterocycles. The van der Waals surface area contributed by atoms with Gasteiger partial charge >= 0.3 is 0 Å². The van der Waals surface area contributed by atoms with E-state index >= 15 is 0 Å². The number of guanidine groups is 1. The van der Waals surface area contributed by atoms with Gasteiger partial charge in [0, 0.05) is 45.5 Å². The third kappa shape index (κ3) is 5.62. The first kappa shape index (κ1) is 20.0. The fourth-order valence-corrected chi connectivity index (χ4v) is 3.40. The molecule has 0 bridgehead atoms. The van der Waals surface area contributed by atoms with Gasteiger partial charge in [-0.3, -0.25) is 0 Å².